The van der Waals surface area contributed by atoms with Gasteiger partial charge in [-0.2, -0.15) is 0 Å². The van der Waals surface area contributed by atoms with E-state index in [1.807, 2.05) is 20.0 Å². The van der Waals surface area contributed by atoms with Crippen molar-refractivity contribution in [3.05, 3.63) is 71.1 Å². The van der Waals surface area contributed by atoms with Crippen LogP contribution >= 0.6 is 11.3 Å². The molecule has 2 aromatic heterocycles. The lowest BCUT2D eigenvalue weighted by Crippen LogP contribution is -2.06. The van der Waals surface area contributed by atoms with Gasteiger partial charge in [-0.25, -0.2) is 4.39 Å². The zero-order chi connectivity index (χ0) is 18.1. The van der Waals surface area contributed by atoms with Gasteiger partial charge in [0.2, 0.25) is 0 Å². The van der Waals surface area contributed by atoms with Crippen LogP contribution in [0.1, 0.15) is 23.3 Å². The largest absolute Gasteiger partial charge is 0.453 e. The predicted molar refractivity (Wildman–Crippen MR) is 105 cm³/mol. The summed E-state index contributed by atoms with van der Waals surface area (Å²) in [5.74, 6) is 0.497. The van der Waals surface area contributed by atoms with Crippen molar-refractivity contribution in [1.29, 1.82) is 0 Å². The molecule has 0 atom stereocenters. The van der Waals surface area contributed by atoms with Crippen molar-refractivity contribution in [1.82, 2.24) is 9.88 Å². The Hall–Kier alpha value is -2.66. The quantitative estimate of drug-likeness (QED) is 0.559. The number of pyridine rings is 1. The Bertz CT molecular complexity index is 1020. The fourth-order valence-electron chi connectivity index (χ4n) is 2.98. The van der Waals surface area contributed by atoms with Crippen LogP contribution in [-0.2, 0) is 0 Å². The molecule has 0 saturated carbocycles. The predicted octanol–water partition coefficient (Wildman–Crippen LogP) is 6.12. The van der Waals surface area contributed by atoms with Crippen molar-refractivity contribution in [3.8, 4) is 11.5 Å². The van der Waals surface area contributed by atoms with E-state index in [0.717, 1.165) is 39.2 Å². The molecule has 3 heterocycles. The molecule has 1 aromatic carbocycles. The fourth-order valence-corrected chi connectivity index (χ4v) is 4.12. The number of thiophene rings is 1. The van der Waals surface area contributed by atoms with Gasteiger partial charge in [-0.05, 0) is 49.7 Å². The number of fused-ring (bicyclic) bond motifs is 1. The van der Waals surface area contributed by atoms with Gasteiger partial charge in [0.05, 0.1) is 20.8 Å². The molecule has 0 spiro atoms. The van der Waals surface area contributed by atoms with E-state index in [0.29, 0.717) is 5.75 Å². The first-order valence-corrected chi connectivity index (χ1v) is 9.36. The number of allylic oxidation sites excluding steroid dienone is 2. The van der Waals surface area contributed by atoms with Crippen LogP contribution in [0.5, 0.6) is 11.5 Å². The number of rotatable bonds is 3. The summed E-state index contributed by atoms with van der Waals surface area (Å²) in [6, 6.07) is 8.84. The topological polar surface area (TPSA) is 25.4 Å². The van der Waals surface area contributed by atoms with Gasteiger partial charge in [-0.15, -0.1) is 11.3 Å². The monoisotopic (exact) mass is 366 g/mol. The van der Waals surface area contributed by atoms with Crippen LogP contribution in [-0.4, -0.2) is 16.9 Å². The van der Waals surface area contributed by atoms with Crippen LogP contribution in [0, 0.1) is 12.7 Å². The number of nitrogens with zero attached hydrogens (tertiary/aromatic N) is 2. The van der Waals surface area contributed by atoms with Crippen LogP contribution in [0.4, 0.5) is 4.39 Å². The maximum atomic E-state index is 14.2. The average Bonchev–Trinajstić information content (AvgIpc) is 2.93. The zero-order valence-corrected chi connectivity index (χ0v) is 15.5. The van der Waals surface area contributed by atoms with Crippen molar-refractivity contribution in [3.63, 3.8) is 0 Å². The summed E-state index contributed by atoms with van der Waals surface area (Å²) in [5.41, 5.74) is 2.89. The first kappa shape index (κ1) is 16.8. The Morgan fingerprint density at radius 1 is 1.15 bits per heavy atom. The van der Waals surface area contributed by atoms with Gasteiger partial charge >= 0.3 is 0 Å². The van der Waals surface area contributed by atoms with Gasteiger partial charge in [0.25, 0.3) is 0 Å². The number of aromatic nitrogens is 1. The Morgan fingerprint density at radius 2 is 2.04 bits per heavy atom. The fraction of sp³-hybridized carbons (Fsp3) is 0.190. The molecule has 0 amide bonds. The lowest BCUT2D eigenvalue weighted by Gasteiger charge is -2.15. The lowest BCUT2D eigenvalue weighted by molar-refractivity contribution is 0.446. The molecule has 26 heavy (non-hydrogen) atoms. The van der Waals surface area contributed by atoms with Crippen LogP contribution in [0.15, 0.2) is 54.9 Å². The second kappa shape index (κ2) is 6.92. The maximum Gasteiger partial charge on any atom is 0.165 e. The summed E-state index contributed by atoms with van der Waals surface area (Å²) in [6.07, 6.45) is 10.3. The molecule has 132 valence electrons. The minimum absolute atomic E-state index is 0.229. The van der Waals surface area contributed by atoms with E-state index in [1.54, 1.807) is 29.7 Å². The number of aryl methyl sites for hydroxylation is 1. The second-order valence-corrected chi connectivity index (χ2v) is 7.38. The van der Waals surface area contributed by atoms with Crippen molar-refractivity contribution in [2.24, 2.45) is 0 Å². The molecule has 0 N–H and O–H groups in total. The third-order valence-corrected chi connectivity index (χ3v) is 5.48. The lowest BCUT2D eigenvalue weighted by atomic mass is 10.2. The highest BCUT2D eigenvalue weighted by Crippen LogP contribution is 2.39. The summed E-state index contributed by atoms with van der Waals surface area (Å²) in [5, 5.41) is 0. The van der Waals surface area contributed by atoms with Crippen molar-refractivity contribution < 1.29 is 9.13 Å². The second-order valence-electron chi connectivity index (χ2n) is 6.33. The molecular weight excluding hydrogens is 347 g/mol. The molecule has 1 aliphatic rings. The van der Waals surface area contributed by atoms with Crippen LogP contribution in [0.3, 0.4) is 0 Å². The van der Waals surface area contributed by atoms with Crippen LogP contribution < -0.4 is 4.74 Å². The molecule has 4 rings (SSSR count). The number of hydrogen-bond donors (Lipinski definition) is 0. The molecular formula is C21H19FN2OS. The molecule has 3 nitrogen and oxygen atoms in total. The Morgan fingerprint density at radius 3 is 2.88 bits per heavy atom. The maximum absolute atomic E-state index is 14.2. The van der Waals surface area contributed by atoms with Gasteiger partial charge in [-0.3, -0.25) is 4.98 Å². The Labute approximate surface area is 156 Å². The van der Waals surface area contributed by atoms with Gasteiger partial charge in [0.1, 0.15) is 5.75 Å². The number of ether oxygens (including phenoxy) is 1. The molecule has 0 radical (unpaired) electrons. The van der Waals surface area contributed by atoms with Crippen LogP contribution in [0.2, 0.25) is 0 Å². The highest BCUT2D eigenvalue weighted by atomic mass is 32.1. The molecule has 3 aromatic rings. The smallest absolute Gasteiger partial charge is 0.165 e. The Kier molecular flexibility index (Phi) is 4.47. The van der Waals surface area contributed by atoms with Gasteiger partial charge in [0.15, 0.2) is 11.6 Å². The molecule has 0 fully saturated rings. The Balaban J connectivity index is 1.74. The van der Waals surface area contributed by atoms with Gasteiger partial charge in [-0.1, -0.05) is 18.2 Å². The van der Waals surface area contributed by atoms with Crippen molar-refractivity contribution in [2.45, 2.75) is 19.8 Å². The van der Waals surface area contributed by atoms with E-state index >= 15 is 0 Å². The highest BCUT2D eigenvalue weighted by molar-refractivity contribution is 7.20. The molecule has 5 heteroatoms. The van der Waals surface area contributed by atoms with E-state index < -0.39 is 0 Å². The average molecular weight is 366 g/mol. The summed E-state index contributed by atoms with van der Waals surface area (Å²) in [6.45, 7) is 1.86. The number of benzene rings is 1. The van der Waals surface area contributed by atoms with E-state index in [1.165, 1.54) is 6.07 Å². The highest BCUT2D eigenvalue weighted by Gasteiger charge is 2.15. The molecule has 0 aliphatic carbocycles. The minimum atomic E-state index is -0.358. The standard InChI is InChI=1S/C21H19FN2OS/c1-14-7-8-18(15(22)12-14)25-19-9-10-23-16-13-20(26-21(16)19)17-6-4-3-5-11-24(17)2/h5-13H,3-4H2,1-2H3. The summed E-state index contributed by atoms with van der Waals surface area (Å²) in [7, 11) is 2.05. The van der Waals surface area contributed by atoms with Gasteiger partial charge in [0, 0.05) is 19.3 Å². The summed E-state index contributed by atoms with van der Waals surface area (Å²) < 4.78 is 21.0. The molecule has 0 bridgehead atoms. The molecule has 0 unspecified atom stereocenters. The zero-order valence-electron chi connectivity index (χ0n) is 14.7. The van der Waals surface area contributed by atoms with Crippen LogP contribution in [0.25, 0.3) is 15.9 Å². The molecule has 1 aliphatic heterocycles. The molecule has 0 saturated heterocycles. The van der Waals surface area contributed by atoms with E-state index in [-0.39, 0.29) is 11.6 Å². The van der Waals surface area contributed by atoms with E-state index in [9.17, 15) is 4.39 Å². The number of halogens is 1. The summed E-state index contributed by atoms with van der Waals surface area (Å²) in [4.78, 5) is 7.71. The van der Waals surface area contributed by atoms with Crippen molar-refractivity contribution >= 4 is 27.3 Å². The summed E-state index contributed by atoms with van der Waals surface area (Å²) >= 11 is 1.62. The van der Waals surface area contributed by atoms with E-state index in [2.05, 4.69) is 34.3 Å². The third kappa shape index (κ3) is 3.22. The third-order valence-electron chi connectivity index (χ3n) is 4.32. The van der Waals surface area contributed by atoms with Crippen molar-refractivity contribution in [2.75, 3.05) is 7.05 Å². The normalized spacial score (nSPS) is 14.4. The minimum Gasteiger partial charge on any atom is -0.453 e. The first-order valence-electron chi connectivity index (χ1n) is 8.54. The first-order chi connectivity index (χ1) is 12.6. The van der Waals surface area contributed by atoms with Gasteiger partial charge < -0.3 is 9.64 Å². The van der Waals surface area contributed by atoms with E-state index in [4.69, 9.17) is 4.74 Å². The SMILES string of the molecule is Cc1ccc(Oc2ccnc3cc(C4=CCCC=CN4C)sc23)c(F)c1. The number of hydrogen-bond acceptors (Lipinski definition) is 4.